The van der Waals surface area contributed by atoms with Crippen LogP contribution in [0.3, 0.4) is 0 Å². The molecule has 98 valence electrons. The Morgan fingerprint density at radius 1 is 1.56 bits per heavy atom. The minimum Gasteiger partial charge on any atom is -0.311 e. The second kappa shape index (κ2) is 5.82. The van der Waals surface area contributed by atoms with Gasteiger partial charge in [0, 0.05) is 18.8 Å². The van der Waals surface area contributed by atoms with Crippen LogP contribution in [-0.4, -0.2) is 19.0 Å². The van der Waals surface area contributed by atoms with Crippen LogP contribution in [0.5, 0.6) is 0 Å². The molecule has 5 heteroatoms. The Labute approximate surface area is 107 Å². The molecule has 1 aliphatic heterocycles. The molecule has 18 heavy (non-hydrogen) atoms. The van der Waals surface area contributed by atoms with E-state index < -0.39 is 0 Å². The van der Waals surface area contributed by atoms with Crippen molar-refractivity contribution >= 4 is 11.6 Å². The van der Waals surface area contributed by atoms with Crippen molar-refractivity contribution in [3.63, 3.8) is 0 Å². The molecule has 4 nitrogen and oxygen atoms in total. The zero-order valence-electron chi connectivity index (χ0n) is 10.6. The zero-order chi connectivity index (χ0) is 13.0. The molecule has 0 radical (unpaired) electrons. The van der Waals surface area contributed by atoms with Gasteiger partial charge in [-0.2, -0.15) is 0 Å². The summed E-state index contributed by atoms with van der Waals surface area (Å²) in [6, 6.07) is 4.85. The van der Waals surface area contributed by atoms with Crippen LogP contribution in [0.2, 0.25) is 0 Å². The van der Waals surface area contributed by atoms with E-state index in [2.05, 4.69) is 17.3 Å². The van der Waals surface area contributed by atoms with E-state index in [1.54, 1.807) is 0 Å². The average Bonchev–Trinajstić information content (AvgIpc) is 2.78. The first-order valence-electron chi connectivity index (χ1n) is 6.33. The standard InChI is InChI=1S/C13H19FN4/c1-2-3-7-16-13(17-15)18-8-6-10-4-5-11(14)9-12(10)18/h4-5,9H,2-3,6-8,15H2,1H3,(H,16,17). The summed E-state index contributed by atoms with van der Waals surface area (Å²) in [6.07, 6.45) is 3.01. The van der Waals surface area contributed by atoms with Crippen LogP contribution in [0.25, 0.3) is 0 Å². The molecule has 1 aromatic rings. The maximum atomic E-state index is 13.3. The predicted molar refractivity (Wildman–Crippen MR) is 72.0 cm³/mol. The van der Waals surface area contributed by atoms with Crippen molar-refractivity contribution < 1.29 is 4.39 Å². The predicted octanol–water partition coefficient (Wildman–Crippen LogP) is 1.81. The van der Waals surface area contributed by atoms with E-state index in [-0.39, 0.29) is 5.82 Å². The summed E-state index contributed by atoms with van der Waals surface area (Å²) in [5.41, 5.74) is 4.61. The first-order chi connectivity index (χ1) is 8.76. The number of fused-ring (bicyclic) bond motifs is 1. The number of anilines is 1. The van der Waals surface area contributed by atoms with Gasteiger partial charge >= 0.3 is 0 Å². The lowest BCUT2D eigenvalue weighted by atomic mass is 10.2. The quantitative estimate of drug-likeness (QED) is 0.283. The van der Waals surface area contributed by atoms with Gasteiger partial charge in [0.25, 0.3) is 0 Å². The lowest BCUT2D eigenvalue weighted by molar-refractivity contribution is 0.628. The van der Waals surface area contributed by atoms with E-state index in [9.17, 15) is 4.39 Å². The normalized spacial score (nSPS) is 14.8. The highest BCUT2D eigenvalue weighted by atomic mass is 19.1. The number of hydrazine groups is 1. The number of benzene rings is 1. The second-order valence-electron chi connectivity index (χ2n) is 4.38. The number of rotatable bonds is 3. The summed E-state index contributed by atoms with van der Waals surface area (Å²) >= 11 is 0. The van der Waals surface area contributed by atoms with Gasteiger partial charge in [-0.1, -0.05) is 19.4 Å². The Balaban J connectivity index is 2.20. The van der Waals surface area contributed by atoms with Gasteiger partial charge in [-0.05, 0) is 30.5 Å². The lowest BCUT2D eigenvalue weighted by Gasteiger charge is -2.20. The Kier molecular flexibility index (Phi) is 4.15. The third-order valence-electron chi connectivity index (χ3n) is 3.10. The van der Waals surface area contributed by atoms with Crippen molar-refractivity contribution in [2.24, 2.45) is 10.8 Å². The number of hydrogen-bond acceptors (Lipinski definition) is 2. The maximum Gasteiger partial charge on any atom is 0.212 e. The van der Waals surface area contributed by atoms with Crippen molar-refractivity contribution in [3.8, 4) is 0 Å². The molecule has 0 saturated carbocycles. The number of hydrogen-bond donors (Lipinski definition) is 2. The molecule has 0 bridgehead atoms. The average molecular weight is 250 g/mol. The molecule has 0 unspecified atom stereocenters. The van der Waals surface area contributed by atoms with Crippen LogP contribution in [0.1, 0.15) is 25.3 Å². The van der Waals surface area contributed by atoms with Crippen LogP contribution < -0.4 is 16.2 Å². The molecule has 1 aromatic carbocycles. The summed E-state index contributed by atoms with van der Waals surface area (Å²) in [5, 5.41) is 0. The highest BCUT2D eigenvalue weighted by Crippen LogP contribution is 2.28. The van der Waals surface area contributed by atoms with Gasteiger partial charge in [0.15, 0.2) is 0 Å². The molecule has 0 spiro atoms. The fourth-order valence-electron chi connectivity index (χ4n) is 2.12. The number of nitrogens with zero attached hydrogens (tertiary/aromatic N) is 2. The van der Waals surface area contributed by atoms with Gasteiger partial charge in [-0.25, -0.2) is 10.2 Å². The lowest BCUT2D eigenvalue weighted by Crippen LogP contribution is -2.44. The van der Waals surface area contributed by atoms with Crippen LogP contribution in [0.4, 0.5) is 10.1 Å². The minimum atomic E-state index is -0.231. The molecule has 0 aromatic heterocycles. The van der Waals surface area contributed by atoms with Crippen molar-refractivity contribution in [1.29, 1.82) is 0 Å². The summed E-state index contributed by atoms with van der Waals surface area (Å²) < 4.78 is 13.3. The first kappa shape index (κ1) is 12.8. The van der Waals surface area contributed by atoms with Crippen molar-refractivity contribution in [3.05, 3.63) is 29.6 Å². The summed E-state index contributed by atoms with van der Waals surface area (Å²) in [6.45, 7) is 3.64. The molecule has 0 aliphatic carbocycles. The van der Waals surface area contributed by atoms with Gasteiger partial charge in [-0.15, -0.1) is 0 Å². The van der Waals surface area contributed by atoms with E-state index >= 15 is 0 Å². The van der Waals surface area contributed by atoms with Crippen molar-refractivity contribution in [2.75, 3.05) is 18.0 Å². The van der Waals surface area contributed by atoms with Crippen LogP contribution >= 0.6 is 0 Å². The van der Waals surface area contributed by atoms with Crippen molar-refractivity contribution in [1.82, 2.24) is 5.43 Å². The number of aliphatic imine (C=N–C) groups is 1. The van der Waals surface area contributed by atoms with Crippen LogP contribution in [0, 0.1) is 5.82 Å². The fourth-order valence-corrected chi connectivity index (χ4v) is 2.12. The van der Waals surface area contributed by atoms with E-state index in [0.717, 1.165) is 43.6 Å². The Morgan fingerprint density at radius 3 is 3.11 bits per heavy atom. The summed E-state index contributed by atoms with van der Waals surface area (Å²) in [7, 11) is 0. The molecule has 1 aliphatic rings. The highest BCUT2D eigenvalue weighted by Gasteiger charge is 2.23. The Bertz CT molecular complexity index is 445. The van der Waals surface area contributed by atoms with Crippen LogP contribution in [-0.2, 0) is 6.42 Å². The molecule has 0 saturated heterocycles. The molecule has 3 N–H and O–H groups in total. The third kappa shape index (κ3) is 2.61. The highest BCUT2D eigenvalue weighted by molar-refractivity contribution is 5.97. The fraction of sp³-hybridized carbons (Fsp3) is 0.462. The number of unbranched alkanes of at least 4 members (excludes halogenated alkanes) is 1. The third-order valence-corrected chi connectivity index (χ3v) is 3.10. The van der Waals surface area contributed by atoms with Gasteiger partial charge in [0.2, 0.25) is 5.96 Å². The minimum absolute atomic E-state index is 0.231. The van der Waals surface area contributed by atoms with Gasteiger partial charge < -0.3 is 4.90 Å². The second-order valence-corrected chi connectivity index (χ2v) is 4.38. The topological polar surface area (TPSA) is 53.6 Å². The first-order valence-corrected chi connectivity index (χ1v) is 6.33. The number of nitrogens with two attached hydrogens (primary N) is 1. The molecule has 2 rings (SSSR count). The van der Waals surface area contributed by atoms with E-state index in [1.807, 2.05) is 11.0 Å². The SMILES string of the molecule is CCCCN=C(NN)N1CCc2ccc(F)cc21. The summed E-state index contributed by atoms with van der Waals surface area (Å²) in [4.78, 5) is 6.37. The monoisotopic (exact) mass is 250 g/mol. The number of guanidine groups is 1. The van der Waals surface area contributed by atoms with Gasteiger partial charge in [-0.3, -0.25) is 10.4 Å². The number of halogens is 1. The zero-order valence-corrected chi connectivity index (χ0v) is 10.6. The Morgan fingerprint density at radius 2 is 2.39 bits per heavy atom. The maximum absolute atomic E-state index is 13.3. The molecule has 0 fully saturated rings. The van der Waals surface area contributed by atoms with Gasteiger partial charge in [0.05, 0.1) is 0 Å². The van der Waals surface area contributed by atoms with Crippen molar-refractivity contribution in [2.45, 2.75) is 26.2 Å². The molecule has 0 amide bonds. The largest absolute Gasteiger partial charge is 0.311 e. The molecule has 0 atom stereocenters. The van der Waals surface area contributed by atoms with E-state index in [1.165, 1.54) is 12.1 Å². The van der Waals surface area contributed by atoms with E-state index in [0.29, 0.717) is 5.96 Å². The molecule has 1 heterocycles. The molecular weight excluding hydrogens is 231 g/mol. The Hall–Kier alpha value is -1.62. The smallest absolute Gasteiger partial charge is 0.212 e. The van der Waals surface area contributed by atoms with E-state index in [4.69, 9.17) is 5.84 Å². The molecular formula is C13H19FN4. The van der Waals surface area contributed by atoms with Gasteiger partial charge in [0.1, 0.15) is 5.82 Å². The summed E-state index contributed by atoms with van der Waals surface area (Å²) in [5.74, 6) is 5.90. The van der Waals surface area contributed by atoms with Crippen LogP contribution in [0.15, 0.2) is 23.2 Å². The number of nitrogens with one attached hydrogen (secondary N) is 1.